The van der Waals surface area contributed by atoms with Crippen molar-refractivity contribution in [1.29, 1.82) is 0 Å². The molecule has 0 fully saturated rings. The quantitative estimate of drug-likeness (QED) is 0.436. The minimum Gasteiger partial charge on any atom is -0.292 e. The van der Waals surface area contributed by atoms with Gasteiger partial charge in [0.05, 0.1) is 0 Å². The molecule has 3 aromatic rings. The fourth-order valence-corrected chi connectivity index (χ4v) is 4.65. The van der Waals surface area contributed by atoms with E-state index >= 15 is 0 Å². The number of carbonyl (C=O) groups excluding carboxylic acids is 2. The maximum atomic E-state index is 13.3. The van der Waals surface area contributed by atoms with Gasteiger partial charge >= 0.3 is 0 Å². The zero-order valence-electron chi connectivity index (χ0n) is 14.3. The van der Waals surface area contributed by atoms with Gasteiger partial charge in [0.15, 0.2) is 15.9 Å². The topological polar surface area (TPSA) is 34.1 Å². The van der Waals surface area contributed by atoms with Gasteiger partial charge in [-0.3, -0.25) is 9.59 Å². The van der Waals surface area contributed by atoms with Gasteiger partial charge in [0.1, 0.15) is 0 Å². The van der Waals surface area contributed by atoms with Crippen LogP contribution >= 0.6 is 15.9 Å². The lowest BCUT2D eigenvalue weighted by Crippen LogP contribution is -2.41. The Morgan fingerprint density at radius 2 is 1.15 bits per heavy atom. The zero-order chi connectivity index (χ0) is 18.3. The fraction of sp³-hybridized carbons (Fsp3) is 0.130. The van der Waals surface area contributed by atoms with Crippen LogP contribution in [0.1, 0.15) is 43.3 Å². The summed E-state index contributed by atoms with van der Waals surface area (Å²) in [5, 5.41) is 0. The van der Waals surface area contributed by atoms with Crippen molar-refractivity contribution in [2.75, 3.05) is 0 Å². The highest BCUT2D eigenvalue weighted by Gasteiger charge is 2.56. The van der Waals surface area contributed by atoms with E-state index in [1.54, 1.807) is 24.3 Å². The van der Waals surface area contributed by atoms with Crippen LogP contribution in [-0.4, -0.2) is 15.9 Å². The van der Waals surface area contributed by atoms with Crippen molar-refractivity contribution in [1.82, 2.24) is 0 Å². The Balaban J connectivity index is 1.94. The third kappa shape index (κ3) is 2.46. The van der Waals surface area contributed by atoms with E-state index < -0.39 is 10.2 Å². The molecule has 0 saturated carbocycles. The standard InChI is InChI=1S/C23H17BrO2/c1-15-11-13-17(14-12-15)20(16-7-3-2-4-8-16)23(24)21(25)18-9-5-6-10-19(18)22(23)26/h2-14,20H,1H3/t20-/m0/s1. The summed E-state index contributed by atoms with van der Waals surface area (Å²) in [5.74, 6) is -0.753. The first-order chi connectivity index (χ1) is 12.5. The predicted octanol–water partition coefficient (Wildman–Crippen LogP) is 5.34. The van der Waals surface area contributed by atoms with Crippen LogP contribution in [0.4, 0.5) is 0 Å². The van der Waals surface area contributed by atoms with Crippen LogP contribution in [0.25, 0.3) is 0 Å². The van der Waals surface area contributed by atoms with E-state index in [9.17, 15) is 9.59 Å². The Morgan fingerprint density at radius 1 is 0.692 bits per heavy atom. The van der Waals surface area contributed by atoms with E-state index in [4.69, 9.17) is 0 Å². The van der Waals surface area contributed by atoms with Gasteiger partial charge in [0.25, 0.3) is 0 Å². The molecule has 0 aliphatic heterocycles. The lowest BCUT2D eigenvalue weighted by Gasteiger charge is -2.30. The van der Waals surface area contributed by atoms with Crippen LogP contribution in [0.3, 0.4) is 0 Å². The molecule has 0 N–H and O–H groups in total. The number of hydrogen-bond donors (Lipinski definition) is 0. The van der Waals surface area contributed by atoms with Crippen LogP contribution < -0.4 is 0 Å². The van der Waals surface area contributed by atoms with Crippen molar-refractivity contribution in [3.05, 3.63) is 107 Å². The molecule has 1 atom stereocenters. The fourth-order valence-electron chi connectivity index (χ4n) is 3.69. The van der Waals surface area contributed by atoms with E-state index in [0.29, 0.717) is 11.1 Å². The molecule has 4 rings (SSSR count). The Morgan fingerprint density at radius 3 is 1.69 bits per heavy atom. The smallest absolute Gasteiger partial charge is 0.189 e. The predicted molar refractivity (Wildman–Crippen MR) is 106 cm³/mol. The Hall–Kier alpha value is -2.52. The van der Waals surface area contributed by atoms with E-state index in [2.05, 4.69) is 15.9 Å². The number of benzene rings is 3. The monoisotopic (exact) mass is 404 g/mol. The van der Waals surface area contributed by atoms with Crippen LogP contribution in [0.2, 0.25) is 0 Å². The van der Waals surface area contributed by atoms with E-state index in [0.717, 1.165) is 16.7 Å². The number of fused-ring (bicyclic) bond motifs is 1. The van der Waals surface area contributed by atoms with Gasteiger partial charge in [-0.1, -0.05) is 100 Å². The Labute approximate surface area is 161 Å². The summed E-state index contributed by atoms with van der Waals surface area (Å²) in [6.45, 7) is 2.02. The van der Waals surface area contributed by atoms with Gasteiger partial charge < -0.3 is 0 Å². The molecule has 0 unspecified atom stereocenters. The summed E-state index contributed by atoms with van der Waals surface area (Å²) in [6.07, 6.45) is 0. The van der Waals surface area contributed by atoms with Crippen molar-refractivity contribution in [3.8, 4) is 0 Å². The number of halogens is 1. The molecule has 0 aromatic heterocycles. The average Bonchev–Trinajstić information content (AvgIpc) is 2.87. The highest BCUT2D eigenvalue weighted by atomic mass is 79.9. The largest absolute Gasteiger partial charge is 0.292 e. The molecule has 3 aromatic carbocycles. The number of hydrogen-bond acceptors (Lipinski definition) is 2. The highest BCUT2D eigenvalue weighted by Crippen LogP contribution is 2.49. The minimum absolute atomic E-state index is 0.174. The van der Waals surface area contributed by atoms with Gasteiger partial charge in [0, 0.05) is 17.0 Å². The van der Waals surface area contributed by atoms with Crippen molar-refractivity contribution in [3.63, 3.8) is 0 Å². The Bertz CT molecular complexity index is 955. The third-order valence-corrected chi connectivity index (χ3v) is 6.20. The van der Waals surface area contributed by atoms with Crippen LogP contribution in [0.5, 0.6) is 0 Å². The molecule has 0 saturated heterocycles. The first-order valence-corrected chi connectivity index (χ1v) is 9.32. The lowest BCUT2D eigenvalue weighted by molar-refractivity contribution is 0.0861. The molecule has 1 aliphatic carbocycles. The zero-order valence-corrected chi connectivity index (χ0v) is 15.9. The van der Waals surface area contributed by atoms with Crippen LogP contribution in [-0.2, 0) is 0 Å². The third-order valence-electron chi connectivity index (χ3n) is 5.02. The first-order valence-electron chi connectivity index (χ1n) is 8.52. The molecule has 2 nitrogen and oxygen atoms in total. The maximum Gasteiger partial charge on any atom is 0.189 e. The summed E-state index contributed by atoms with van der Waals surface area (Å²) in [4.78, 5) is 26.6. The van der Waals surface area contributed by atoms with Crippen molar-refractivity contribution in [2.45, 2.75) is 17.2 Å². The second kappa shape index (κ2) is 6.33. The normalized spacial score (nSPS) is 16.4. The second-order valence-corrected chi connectivity index (χ2v) is 7.92. The molecule has 0 heterocycles. The van der Waals surface area contributed by atoms with Crippen LogP contribution in [0, 0.1) is 6.92 Å². The molecular weight excluding hydrogens is 388 g/mol. The summed E-state index contributed by atoms with van der Waals surface area (Å²) in [7, 11) is 0. The summed E-state index contributed by atoms with van der Waals surface area (Å²) < 4.78 is -1.33. The molecule has 0 radical (unpaired) electrons. The lowest BCUT2D eigenvalue weighted by atomic mass is 9.78. The number of rotatable bonds is 3. The summed E-state index contributed by atoms with van der Waals surface area (Å²) >= 11 is 3.62. The summed E-state index contributed by atoms with van der Waals surface area (Å²) in [6, 6.07) is 24.8. The summed E-state index contributed by atoms with van der Waals surface area (Å²) in [5.41, 5.74) is 3.98. The minimum atomic E-state index is -1.33. The van der Waals surface area contributed by atoms with Crippen molar-refractivity contribution >= 4 is 27.5 Å². The molecule has 0 bridgehead atoms. The number of alkyl halides is 1. The van der Waals surface area contributed by atoms with Crippen molar-refractivity contribution < 1.29 is 9.59 Å². The molecular formula is C23H17BrO2. The van der Waals surface area contributed by atoms with Crippen molar-refractivity contribution in [2.24, 2.45) is 0 Å². The molecule has 3 heteroatoms. The van der Waals surface area contributed by atoms with Gasteiger partial charge in [0.2, 0.25) is 0 Å². The number of ketones is 2. The molecule has 0 amide bonds. The number of aryl methyl sites for hydroxylation is 1. The molecule has 26 heavy (non-hydrogen) atoms. The molecule has 1 aliphatic rings. The van der Waals surface area contributed by atoms with Gasteiger partial charge in [-0.25, -0.2) is 0 Å². The van der Waals surface area contributed by atoms with Gasteiger partial charge in [-0.15, -0.1) is 0 Å². The molecule has 128 valence electrons. The number of carbonyl (C=O) groups is 2. The highest BCUT2D eigenvalue weighted by molar-refractivity contribution is 9.10. The number of Topliss-reactive ketones (excluding diaryl/α,β-unsaturated/α-hetero) is 2. The van der Waals surface area contributed by atoms with E-state index in [-0.39, 0.29) is 11.6 Å². The first kappa shape index (κ1) is 16.9. The Kier molecular flexibility index (Phi) is 4.12. The van der Waals surface area contributed by atoms with Crippen LogP contribution in [0.15, 0.2) is 78.9 Å². The SMILES string of the molecule is Cc1ccc([C@H](c2ccccc2)C2(Br)C(=O)c3ccccc3C2=O)cc1. The van der Waals surface area contributed by atoms with Gasteiger partial charge in [-0.2, -0.15) is 0 Å². The van der Waals surface area contributed by atoms with Gasteiger partial charge in [-0.05, 0) is 18.1 Å². The van der Waals surface area contributed by atoms with E-state index in [1.807, 2.05) is 61.5 Å². The maximum absolute atomic E-state index is 13.3. The molecule has 0 spiro atoms. The second-order valence-electron chi connectivity index (χ2n) is 6.67. The average molecular weight is 405 g/mol. The van der Waals surface area contributed by atoms with E-state index in [1.165, 1.54) is 0 Å².